The third kappa shape index (κ3) is 3.21. The van der Waals surface area contributed by atoms with Gasteiger partial charge in [0.25, 0.3) is 0 Å². The maximum absolute atomic E-state index is 11.2. The zero-order valence-electron chi connectivity index (χ0n) is 10.9. The van der Waals surface area contributed by atoms with E-state index in [-0.39, 0.29) is 10.9 Å². The second-order valence-corrected chi connectivity index (χ2v) is 6.30. The van der Waals surface area contributed by atoms with Gasteiger partial charge in [0.15, 0.2) is 0 Å². The Kier molecular flexibility index (Phi) is 4.04. The molecule has 106 valence electrons. The first kappa shape index (κ1) is 14.2. The molecule has 1 unspecified atom stereocenters. The smallest absolute Gasteiger partial charge is 0.239 e. The number of likely N-dealkylation sites (N-methyl/N-ethyl adjacent to an activating group) is 1. The Morgan fingerprint density at radius 2 is 2.16 bits per heavy atom. The predicted molar refractivity (Wildman–Crippen MR) is 73.3 cm³/mol. The van der Waals surface area contributed by atoms with E-state index in [1.54, 1.807) is 6.07 Å². The van der Waals surface area contributed by atoms with Crippen molar-refractivity contribution in [3.05, 3.63) is 18.3 Å². The SMILES string of the molecule is CN1CCN(c2ccc(S(N)(=O)=O)cn2)C(CN)C1. The van der Waals surface area contributed by atoms with Gasteiger partial charge in [-0.2, -0.15) is 0 Å². The number of rotatable bonds is 3. The summed E-state index contributed by atoms with van der Waals surface area (Å²) in [7, 11) is -1.64. The fraction of sp³-hybridized carbons (Fsp3) is 0.545. The normalized spacial score (nSPS) is 21.6. The van der Waals surface area contributed by atoms with Gasteiger partial charge in [-0.15, -0.1) is 0 Å². The minimum absolute atomic E-state index is 0.0228. The van der Waals surface area contributed by atoms with E-state index in [1.807, 2.05) is 0 Å². The maximum Gasteiger partial charge on any atom is 0.239 e. The molecule has 1 aliphatic rings. The first-order valence-electron chi connectivity index (χ1n) is 6.06. The molecule has 0 spiro atoms. The minimum Gasteiger partial charge on any atom is -0.350 e. The molecule has 1 aromatic rings. The Labute approximate surface area is 113 Å². The highest BCUT2D eigenvalue weighted by Crippen LogP contribution is 2.18. The standard InChI is InChI=1S/C11H19N5O2S/c1-15-4-5-16(9(6-12)8-15)11-3-2-10(7-14-11)19(13,17)18/h2-3,7,9H,4-6,8,12H2,1H3,(H2,13,17,18). The van der Waals surface area contributed by atoms with Crippen molar-refractivity contribution in [3.8, 4) is 0 Å². The molecule has 1 aromatic heterocycles. The van der Waals surface area contributed by atoms with E-state index in [1.165, 1.54) is 12.3 Å². The molecule has 2 heterocycles. The van der Waals surface area contributed by atoms with Crippen molar-refractivity contribution in [1.29, 1.82) is 0 Å². The van der Waals surface area contributed by atoms with Gasteiger partial charge in [-0.05, 0) is 19.2 Å². The summed E-state index contributed by atoms with van der Waals surface area (Å²) in [6.07, 6.45) is 1.29. The monoisotopic (exact) mass is 285 g/mol. The molecule has 4 N–H and O–H groups in total. The average molecular weight is 285 g/mol. The van der Waals surface area contributed by atoms with Gasteiger partial charge in [-0.1, -0.05) is 0 Å². The summed E-state index contributed by atoms with van der Waals surface area (Å²) in [5.41, 5.74) is 5.78. The lowest BCUT2D eigenvalue weighted by Crippen LogP contribution is -2.55. The zero-order chi connectivity index (χ0) is 14.0. The van der Waals surface area contributed by atoms with Gasteiger partial charge in [-0.3, -0.25) is 0 Å². The van der Waals surface area contributed by atoms with Gasteiger partial charge >= 0.3 is 0 Å². The first-order valence-corrected chi connectivity index (χ1v) is 7.60. The molecule has 0 aromatic carbocycles. The van der Waals surface area contributed by atoms with E-state index in [4.69, 9.17) is 10.9 Å². The Balaban J connectivity index is 2.22. The topological polar surface area (TPSA) is 106 Å². The van der Waals surface area contributed by atoms with Crippen molar-refractivity contribution in [2.24, 2.45) is 10.9 Å². The highest BCUT2D eigenvalue weighted by atomic mass is 32.2. The molecule has 2 rings (SSSR count). The molecule has 0 radical (unpaired) electrons. The van der Waals surface area contributed by atoms with Crippen LogP contribution in [-0.4, -0.2) is 57.6 Å². The lowest BCUT2D eigenvalue weighted by Gasteiger charge is -2.40. The van der Waals surface area contributed by atoms with Gasteiger partial charge in [-0.25, -0.2) is 18.5 Å². The number of nitrogens with zero attached hydrogens (tertiary/aromatic N) is 3. The summed E-state index contributed by atoms with van der Waals surface area (Å²) in [6.45, 7) is 3.15. The molecule has 1 saturated heterocycles. The van der Waals surface area contributed by atoms with Crippen LogP contribution in [0.5, 0.6) is 0 Å². The van der Waals surface area contributed by atoms with Gasteiger partial charge in [0.1, 0.15) is 10.7 Å². The van der Waals surface area contributed by atoms with Crippen LogP contribution in [0.15, 0.2) is 23.2 Å². The molecule has 19 heavy (non-hydrogen) atoms. The van der Waals surface area contributed by atoms with Crippen molar-refractivity contribution in [2.75, 3.05) is 38.1 Å². The van der Waals surface area contributed by atoms with E-state index in [0.29, 0.717) is 6.54 Å². The quantitative estimate of drug-likeness (QED) is 0.723. The molecule has 0 aliphatic carbocycles. The van der Waals surface area contributed by atoms with Crippen molar-refractivity contribution in [1.82, 2.24) is 9.88 Å². The third-order valence-corrected chi connectivity index (χ3v) is 4.20. The van der Waals surface area contributed by atoms with Crippen LogP contribution in [0.25, 0.3) is 0 Å². The number of aromatic nitrogens is 1. The number of nitrogens with two attached hydrogens (primary N) is 2. The number of piperazine rings is 1. The number of hydrogen-bond donors (Lipinski definition) is 2. The van der Waals surface area contributed by atoms with E-state index in [9.17, 15) is 8.42 Å². The van der Waals surface area contributed by atoms with Crippen LogP contribution >= 0.6 is 0 Å². The first-order chi connectivity index (χ1) is 8.91. The second-order valence-electron chi connectivity index (χ2n) is 4.74. The maximum atomic E-state index is 11.2. The Hall–Kier alpha value is -1.22. The molecule has 7 nitrogen and oxygen atoms in total. The fourth-order valence-electron chi connectivity index (χ4n) is 2.22. The fourth-order valence-corrected chi connectivity index (χ4v) is 2.68. The van der Waals surface area contributed by atoms with Gasteiger partial charge < -0.3 is 15.5 Å². The van der Waals surface area contributed by atoms with Crippen LogP contribution in [0.2, 0.25) is 0 Å². The van der Waals surface area contributed by atoms with Crippen LogP contribution in [0.1, 0.15) is 0 Å². The molecular formula is C11H19N5O2S. The highest BCUT2D eigenvalue weighted by molar-refractivity contribution is 7.89. The molecular weight excluding hydrogens is 266 g/mol. The molecule has 0 saturated carbocycles. The van der Waals surface area contributed by atoms with Crippen LogP contribution in [0.4, 0.5) is 5.82 Å². The van der Waals surface area contributed by atoms with E-state index in [0.717, 1.165) is 25.5 Å². The zero-order valence-corrected chi connectivity index (χ0v) is 11.7. The lowest BCUT2D eigenvalue weighted by atomic mass is 10.1. The summed E-state index contributed by atoms with van der Waals surface area (Å²) >= 11 is 0. The second kappa shape index (κ2) is 5.41. The van der Waals surface area contributed by atoms with Crippen LogP contribution in [0.3, 0.4) is 0 Å². The minimum atomic E-state index is -3.69. The van der Waals surface area contributed by atoms with Crippen molar-refractivity contribution in [3.63, 3.8) is 0 Å². The Bertz CT molecular complexity index is 531. The van der Waals surface area contributed by atoms with Crippen molar-refractivity contribution in [2.45, 2.75) is 10.9 Å². The Morgan fingerprint density at radius 3 is 2.68 bits per heavy atom. The molecule has 8 heteroatoms. The summed E-state index contributed by atoms with van der Waals surface area (Å²) in [5, 5.41) is 5.05. The molecule has 1 atom stereocenters. The largest absolute Gasteiger partial charge is 0.350 e. The van der Waals surface area contributed by atoms with Gasteiger partial charge in [0.05, 0.1) is 6.04 Å². The number of sulfonamides is 1. The van der Waals surface area contributed by atoms with Crippen molar-refractivity contribution < 1.29 is 8.42 Å². The summed E-state index contributed by atoms with van der Waals surface area (Å²) in [4.78, 5) is 8.53. The highest BCUT2D eigenvalue weighted by Gasteiger charge is 2.25. The Morgan fingerprint density at radius 1 is 1.42 bits per heavy atom. The van der Waals surface area contributed by atoms with E-state index >= 15 is 0 Å². The van der Waals surface area contributed by atoms with Crippen LogP contribution < -0.4 is 15.8 Å². The summed E-state index contributed by atoms with van der Waals surface area (Å²) in [5.74, 6) is 0.732. The number of anilines is 1. The number of hydrogen-bond acceptors (Lipinski definition) is 6. The van der Waals surface area contributed by atoms with Gasteiger partial charge in [0.2, 0.25) is 10.0 Å². The molecule has 1 aliphatic heterocycles. The van der Waals surface area contributed by atoms with Crippen LogP contribution in [0, 0.1) is 0 Å². The van der Waals surface area contributed by atoms with Crippen LogP contribution in [-0.2, 0) is 10.0 Å². The van der Waals surface area contributed by atoms with E-state index in [2.05, 4.69) is 21.8 Å². The molecule has 0 bridgehead atoms. The lowest BCUT2D eigenvalue weighted by molar-refractivity contribution is 0.269. The predicted octanol–water partition coefficient (Wildman–Crippen LogP) is -1.19. The summed E-state index contributed by atoms with van der Waals surface area (Å²) in [6, 6.07) is 3.34. The average Bonchev–Trinajstić information content (AvgIpc) is 2.37. The third-order valence-electron chi connectivity index (χ3n) is 3.30. The van der Waals surface area contributed by atoms with Crippen molar-refractivity contribution >= 4 is 15.8 Å². The molecule has 0 amide bonds. The number of primary sulfonamides is 1. The molecule has 1 fully saturated rings. The van der Waals surface area contributed by atoms with E-state index < -0.39 is 10.0 Å². The number of pyridine rings is 1. The van der Waals surface area contributed by atoms with Gasteiger partial charge in [0, 0.05) is 32.4 Å². The summed E-state index contributed by atoms with van der Waals surface area (Å²) < 4.78 is 22.4.